The fourth-order valence-electron chi connectivity index (χ4n) is 2.08. The highest BCUT2D eigenvalue weighted by Gasteiger charge is 2.32. The smallest absolute Gasteiger partial charge is 0.329 e. The topological polar surface area (TPSA) is 58.6 Å². The molecule has 0 unspecified atom stereocenters. The average Bonchev–Trinajstić information content (AvgIpc) is 2.74. The molecule has 3 amide bonds. The summed E-state index contributed by atoms with van der Waals surface area (Å²) in [6.07, 6.45) is 7.33. The minimum absolute atomic E-state index is 0.0421. The van der Waals surface area contributed by atoms with E-state index in [-0.39, 0.29) is 34.0 Å². The molecule has 1 aromatic carbocycles. The SMILES string of the molecule is C#CCOc1c(Cl)cc(/C=C2/NC(=O)N(CCC)C2=O)cc1Cl. The molecular weight excluding hydrogens is 339 g/mol. The third kappa shape index (κ3) is 3.79. The first-order valence-electron chi connectivity index (χ1n) is 6.87. The van der Waals surface area contributed by atoms with Crippen molar-refractivity contribution < 1.29 is 14.3 Å². The summed E-state index contributed by atoms with van der Waals surface area (Å²) in [6.45, 7) is 2.29. The van der Waals surface area contributed by atoms with Gasteiger partial charge in [-0.1, -0.05) is 36.0 Å². The van der Waals surface area contributed by atoms with E-state index in [1.807, 2.05) is 6.92 Å². The molecule has 1 aliphatic heterocycles. The maximum absolute atomic E-state index is 12.1. The van der Waals surface area contributed by atoms with Gasteiger partial charge in [0.05, 0.1) is 10.0 Å². The van der Waals surface area contributed by atoms with Crippen LogP contribution in [0.3, 0.4) is 0 Å². The molecule has 1 aromatic rings. The van der Waals surface area contributed by atoms with E-state index in [1.165, 1.54) is 6.08 Å². The molecule has 0 bridgehead atoms. The monoisotopic (exact) mass is 352 g/mol. The van der Waals surface area contributed by atoms with Crippen LogP contribution in [0.15, 0.2) is 17.8 Å². The maximum atomic E-state index is 12.1. The van der Waals surface area contributed by atoms with Crippen molar-refractivity contribution in [1.29, 1.82) is 0 Å². The number of ether oxygens (including phenoxy) is 1. The highest BCUT2D eigenvalue weighted by molar-refractivity contribution is 6.37. The second-order valence-electron chi connectivity index (χ2n) is 4.75. The number of hydrogen-bond donors (Lipinski definition) is 1. The summed E-state index contributed by atoms with van der Waals surface area (Å²) in [5, 5.41) is 3.06. The molecule has 0 radical (unpaired) electrons. The molecule has 120 valence electrons. The molecule has 7 heteroatoms. The third-order valence-electron chi connectivity index (χ3n) is 3.04. The van der Waals surface area contributed by atoms with E-state index in [2.05, 4.69) is 11.2 Å². The molecule has 2 rings (SSSR count). The second-order valence-corrected chi connectivity index (χ2v) is 5.57. The predicted molar refractivity (Wildman–Crippen MR) is 89.3 cm³/mol. The predicted octanol–water partition coefficient (Wildman–Crippen LogP) is 3.31. The summed E-state index contributed by atoms with van der Waals surface area (Å²) in [7, 11) is 0. The van der Waals surface area contributed by atoms with Crippen molar-refractivity contribution in [3.05, 3.63) is 33.4 Å². The molecular formula is C16H14Cl2N2O3. The molecule has 0 saturated carbocycles. The van der Waals surface area contributed by atoms with Gasteiger partial charge in [0.2, 0.25) is 0 Å². The largest absolute Gasteiger partial charge is 0.478 e. The van der Waals surface area contributed by atoms with E-state index in [9.17, 15) is 9.59 Å². The van der Waals surface area contributed by atoms with E-state index in [4.69, 9.17) is 34.4 Å². The Kier molecular flexibility index (Phi) is 5.54. The van der Waals surface area contributed by atoms with Gasteiger partial charge in [-0.25, -0.2) is 4.79 Å². The van der Waals surface area contributed by atoms with Gasteiger partial charge < -0.3 is 10.1 Å². The standard InChI is InChI=1S/C16H14Cl2N2O3/c1-3-5-20-15(21)13(19-16(20)22)9-10-7-11(17)14(12(18)8-10)23-6-4-2/h2,7-9H,3,5-6H2,1H3,(H,19,22)/b13-9+. The molecule has 0 spiro atoms. The van der Waals surface area contributed by atoms with Crippen molar-refractivity contribution in [3.63, 3.8) is 0 Å². The highest BCUT2D eigenvalue weighted by Crippen LogP contribution is 2.35. The first-order valence-corrected chi connectivity index (χ1v) is 7.63. The number of halogens is 2. The van der Waals surface area contributed by atoms with Crippen LogP contribution >= 0.6 is 23.2 Å². The van der Waals surface area contributed by atoms with Crippen LogP contribution in [0.25, 0.3) is 6.08 Å². The lowest BCUT2D eigenvalue weighted by Crippen LogP contribution is -2.31. The maximum Gasteiger partial charge on any atom is 0.329 e. The van der Waals surface area contributed by atoms with E-state index < -0.39 is 6.03 Å². The molecule has 5 nitrogen and oxygen atoms in total. The summed E-state index contributed by atoms with van der Waals surface area (Å²) >= 11 is 12.2. The molecule has 0 aromatic heterocycles. The summed E-state index contributed by atoms with van der Waals surface area (Å²) in [5.41, 5.74) is 0.739. The van der Waals surface area contributed by atoms with Crippen LogP contribution in [-0.2, 0) is 4.79 Å². The summed E-state index contributed by atoms with van der Waals surface area (Å²) < 4.78 is 5.26. The lowest BCUT2D eigenvalue weighted by atomic mass is 10.1. The average molecular weight is 353 g/mol. The van der Waals surface area contributed by atoms with Gasteiger partial charge in [-0.15, -0.1) is 6.42 Å². The Bertz CT molecular complexity index is 700. The molecule has 1 fully saturated rings. The van der Waals surface area contributed by atoms with Crippen molar-refractivity contribution in [3.8, 4) is 18.1 Å². The Hall–Kier alpha value is -2.16. The first-order chi connectivity index (χ1) is 11.0. The number of rotatable bonds is 5. The zero-order valence-corrected chi connectivity index (χ0v) is 13.9. The molecule has 0 atom stereocenters. The van der Waals surface area contributed by atoms with Crippen LogP contribution in [0, 0.1) is 12.3 Å². The van der Waals surface area contributed by atoms with Gasteiger partial charge in [-0.2, -0.15) is 0 Å². The van der Waals surface area contributed by atoms with E-state index in [0.29, 0.717) is 18.5 Å². The van der Waals surface area contributed by atoms with Crippen LogP contribution in [-0.4, -0.2) is 30.0 Å². The van der Waals surface area contributed by atoms with E-state index >= 15 is 0 Å². The van der Waals surface area contributed by atoms with Gasteiger partial charge in [-0.05, 0) is 30.2 Å². The van der Waals surface area contributed by atoms with Crippen molar-refractivity contribution in [2.45, 2.75) is 13.3 Å². The molecule has 1 N–H and O–H groups in total. The van der Waals surface area contributed by atoms with E-state index in [0.717, 1.165) is 4.90 Å². The van der Waals surface area contributed by atoms with Gasteiger partial charge in [-0.3, -0.25) is 9.69 Å². The molecule has 1 aliphatic rings. The third-order valence-corrected chi connectivity index (χ3v) is 3.60. The van der Waals surface area contributed by atoms with Gasteiger partial charge in [0, 0.05) is 6.54 Å². The Morgan fingerprint density at radius 1 is 1.35 bits per heavy atom. The van der Waals surface area contributed by atoms with Gasteiger partial charge in [0.15, 0.2) is 5.75 Å². The van der Waals surface area contributed by atoms with Crippen LogP contribution in [0.2, 0.25) is 10.0 Å². The van der Waals surface area contributed by atoms with Crippen molar-refractivity contribution in [1.82, 2.24) is 10.2 Å². The number of nitrogens with one attached hydrogen (secondary N) is 1. The number of carbonyl (C=O) groups excluding carboxylic acids is 2. The second kappa shape index (κ2) is 7.40. The van der Waals surface area contributed by atoms with Gasteiger partial charge >= 0.3 is 6.03 Å². The fourth-order valence-corrected chi connectivity index (χ4v) is 2.69. The summed E-state index contributed by atoms with van der Waals surface area (Å²) in [5.74, 6) is 2.22. The van der Waals surface area contributed by atoms with Crippen LogP contribution < -0.4 is 10.1 Å². The minimum Gasteiger partial charge on any atom is -0.478 e. The zero-order chi connectivity index (χ0) is 17.0. The lowest BCUT2D eigenvalue weighted by Gasteiger charge is -2.09. The molecule has 0 aliphatic carbocycles. The Morgan fingerprint density at radius 3 is 2.57 bits per heavy atom. The number of imide groups is 1. The van der Waals surface area contributed by atoms with Gasteiger partial charge in [0.1, 0.15) is 12.3 Å². The fraction of sp³-hybridized carbons (Fsp3) is 0.250. The highest BCUT2D eigenvalue weighted by atomic mass is 35.5. The van der Waals surface area contributed by atoms with Crippen LogP contribution in [0.1, 0.15) is 18.9 Å². The number of hydrogen-bond acceptors (Lipinski definition) is 3. The number of nitrogens with zero attached hydrogens (tertiary/aromatic N) is 1. The molecule has 23 heavy (non-hydrogen) atoms. The Morgan fingerprint density at radius 2 is 2.00 bits per heavy atom. The number of urea groups is 1. The lowest BCUT2D eigenvalue weighted by molar-refractivity contribution is -0.122. The number of carbonyl (C=O) groups is 2. The van der Waals surface area contributed by atoms with E-state index in [1.54, 1.807) is 12.1 Å². The first kappa shape index (κ1) is 17.2. The van der Waals surface area contributed by atoms with Crippen LogP contribution in [0.5, 0.6) is 5.75 Å². The van der Waals surface area contributed by atoms with Crippen LogP contribution in [0.4, 0.5) is 4.79 Å². The quantitative estimate of drug-likeness (QED) is 0.502. The van der Waals surface area contributed by atoms with Crippen molar-refractivity contribution in [2.24, 2.45) is 0 Å². The number of benzene rings is 1. The van der Waals surface area contributed by atoms with Crippen molar-refractivity contribution >= 4 is 41.2 Å². The minimum atomic E-state index is -0.436. The zero-order valence-electron chi connectivity index (χ0n) is 12.4. The number of terminal acetylenes is 1. The summed E-state index contributed by atoms with van der Waals surface area (Å²) in [4.78, 5) is 25.0. The molecule has 1 saturated heterocycles. The summed E-state index contributed by atoms with van der Waals surface area (Å²) in [6, 6.07) is 2.72. The Balaban J connectivity index is 2.28. The Labute approximate surface area is 144 Å². The van der Waals surface area contributed by atoms with Crippen molar-refractivity contribution in [2.75, 3.05) is 13.2 Å². The normalized spacial score (nSPS) is 15.7. The van der Waals surface area contributed by atoms with Gasteiger partial charge in [0.25, 0.3) is 5.91 Å². The molecule has 1 heterocycles. The number of amides is 3.